The van der Waals surface area contributed by atoms with Gasteiger partial charge in [-0.15, -0.1) is 0 Å². The van der Waals surface area contributed by atoms with E-state index < -0.39 is 0 Å². The van der Waals surface area contributed by atoms with Crippen molar-refractivity contribution in [1.82, 2.24) is 10.2 Å². The Morgan fingerprint density at radius 2 is 2.40 bits per heavy atom. The maximum Gasteiger partial charge on any atom is 0.285 e. The van der Waals surface area contributed by atoms with Gasteiger partial charge < -0.3 is 9.64 Å². The van der Waals surface area contributed by atoms with Crippen LogP contribution >= 0.6 is 11.6 Å². The number of anilines is 1. The minimum Gasteiger partial charge on any atom is -0.383 e. The lowest BCUT2D eigenvalue weighted by atomic mass is 9.94. The predicted molar refractivity (Wildman–Crippen MR) is 80.4 cm³/mol. The number of rotatable bonds is 6. The van der Waals surface area contributed by atoms with Crippen LogP contribution in [0, 0.1) is 5.92 Å². The summed E-state index contributed by atoms with van der Waals surface area (Å²) in [7, 11) is 1.67. The fourth-order valence-corrected chi connectivity index (χ4v) is 2.65. The Morgan fingerprint density at radius 1 is 1.55 bits per heavy atom. The number of halogens is 1. The zero-order valence-electron chi connectivity index (χ0n) is 11.6. The first-order chi connectivity index (χ1) is 9.72. The van der Waals surface area contributed by atoms with E-state index >= 15 is 0 Å². The summed E-state index contributed by atoms with van der Waals surface area (Å²) in [5.41, 5.74) is 0.331. The maximum atomic E-state index is 11.6. The SMILES string of the molecule is COCCN(CC1CC=CCC1)c1cn[nH]c(=O)c1Cl. The highest BCUT2D eigenvalue weighted by Gasteiger charge is 2.18. The molecule has 0 aliphatic heterocycles. The zero-order valence-corrected chi connectivity index (χ0v) is 12.4. The second-order valence-corrected chi connectivity index (χ2v) is 5.37. The first-order valence-electron chi connectivity index (χ1n) is 6.84. The molecule has 0 saturated heterocycles. The standard InChI is InChI=1S/C14H20ClN3O2/c1-20-8-7-18(10-11-5-3-2-4-6-11)12-9-16-17-14(19)13(12)15/h2-3,9,11H,4-8,10H2,1H3,(H,17,19). The Kier molecular flexibility index (Phi) is 5.61. The summed E-state index contributed by atoms with van der Waals surface area (Å²) in [6.45, 7) is 2.14. The van der Waals surface area contributed by atoms with E-state index in [4.69, 9.17) is 16.3 Å². The van der Waals surface area contributed by atoms with Crippen LogP contribution in [0.3, 0.4) is 0 Å². The molecule has 2 rings (SSSR count). The molecule has 1 aliphatic rings. The van der Waals surface area contributed by atoms with Gasteiger partial charge in [0.15, 0.2) is 0 Å². The Hall–Kier alpha value is -1.33. The average molecular weight is 298 g/mol. The summed E-state index contributed by atoms with van der Waals surface area (Å²) >= 11 is 6.10. The Bertz CT molecular complexity index is 515. The molecule has 1 N–H and O–H groups in total. The van der Waals surface area contributed by atoms with Crippen molar-refractivity contribution in [3.63, 3.8) is 0 Å². The lowest BCUT2D eigenvalue weighted by molar-refractivity contribution is 0.204. The van der Waals surface area contributed by atoms with Crippen molar-refractivity contribution < 1.29 is 4.74 Å². The van der Waals surface area contributed by atoms with Crippen LogP contribution in [-0.4, -0.2) is 37.0 Å². The Morgan fingerprint density at radius 3 is 3.10 bits per heavy atom. The summed E-state index contributed by atoms with van der Waals surface area (Å²) in [5, 5.41) is 6.39. The highest BCUT2D eigenvalue weighted by molar-refractivity contribution is 6.32. The van der Waals surface area contributed by atoms with E-state index in [2.05, 4.69) is 27.2 Å². The van der Waals surface area contributed by atoms with Crippen LogP contribution in [0.1, 0.15) is 19.3 Å². The van der Waals surface area contributed by atoms with Crippen LogP contribution in [0.4, 0.5) is 5.69 Å². The monoisotopic (exact) mass is 297 g/mol. The lowest BCUT2D eigenvalue weighted by Crippen LogP contribution is -2.34. The summed E-state index contributed by atoms with van der Waals surface area (Å²) in [5.74, 6) is 0.576. The molecule has 1 aromatic rings. The molecule has 1 aliphatic carbocycles. The van der Waals surface area contributed by atoms with E-state index in [1.807, 2.05) is 0 Å². The van der Waals surface area contributed by atoms with Crippen molar-refractivity contribution in [1.29, 1.82) is 0 Å². The van der Waals surface area contributed by atoms with Crippen LogP contribution in [0.2, 0.25) is 5.02 Å². The molecule has 0 aromatic carbocycles. The molecule has 1 unspecified atom stereocenters. The van der Waals surface area contributed by atoms with Crippen LogP contribution in [-0.2, 0) is 4.74 Å². The molecule has 0 spiro atoms. The van der Waals surface area contributed by atoms with Gasteiger partial charge in [-0.3, -0.25) is 4.79 Å². The number of nitrogens with zero attached hydrogens (tertiary/aromatic N) is 2. The van der Waals surface area contributed by atoms with Gasteiger partial charge in [0.25, 0.3) is 5.56 Å². The van der Waals surface area contributed by atoms with Crippen molar-refractivity contribution in [2.75, 3.05) is 31.7 Å². The number of hydrogen-bond donors (Lipinski definition) is 1. The fourth-order valence-electron chi connectivity index (χ4n) is 2.44. The number of allylic oxidation sites excluding steroid dienone is 2. The second-order valence-electron chi connectivity index (χ2n) is 4.99. The van der Waals surface area contributed by atoms with Gasteiger partial charge in [0.2, 0.25) is 0 Å². The number of H-pyrrole nitrogens is 1. The molecule has 0 bridgehead atoms. The largest absolute Gasteiger partial charge is 0.383 e. The van der Waals surface area contributed by atoms with E-state index in [-0.39, 0.29) is 10.6 Å². The molecule has 0 fully saturated rings. The van der Waals surface area contributed by atoms with Gasteiger partial charge in [-0.2, -0.15) is 5.10 Å². The quantitative estimate of drug-likeness (QED) is 0.818. The van der Waals surface area contributed by atoms with Gasteiger partial charge in [0, 0.05) is 20.2 Å². The minimum absolute atomic E-state index is 0.197. The highest BCUT2D eigenvalue weighted by Crippen LogP contribution is 2.25. The van der Waals surface area contributed by atoms with E-state index in [1.54, 1.807) is 13.3 Å². The molecule has 0 radical (unpaired) electrons. The van der Waals surface area contributed by atoms with E-state index in [0.717, 1.165) is 25.8 Å². The van der Waals surface area contributed by atoms with Crippen molar-refractivity contribution >= 4 is 17.3 Å². The molecule has 0 amide bonds. The number of methoxy groups -OCH3 is 1. The normalized spacial score (nSPS) is 18.2. The van der Waals surface area contributed by atoms with Gasteiger partial charge in [0.05, 0.1) is 18.5 Å². The molecule has 1 aromatic heterocycles. The Balaban J connectivity index is 2.15. The molecule has 6 heteroatoms. The van der Waals surface area contributed by atoms with Gasteiger partial charge in [-0.05, 0) is 25.2 Å². The van der Waals surface area contributed by atoms with Crippen molar-refractivity contribution in [2.24, 2.45) is 5.92 Å². The highest BCUT2D eigenvalue weighted by atomic mass is 35.5. The number of aromatic amines is 1. The third kappa shape index (κ3) is 3.84. The smallest absolute Gasteiger partial charge is 0.285 e. The second kappa shape index (κ2) is 7.45. The minimum atomic E-state index is -0.352. The fraction of sp³-hybridized carbons (Fsp3) is 0.571. The van der Waals surface area contributed by atoms with E-state index in [1.165, 1.54) is 0 Å². The van der Waals surface area contributed by atoms with E-state index in [0.29, 0.717) is 24.8 Å². The molecule has 5 nitrogen and oxygen atoms in total. The molecule has 1 atom stereocenters. The van der Waals surface area contributed by atoms with Gasteiger partial charge >= 0.3 is 0 Å². The van der Waals surface area contributed by atoms with Gasteiger partial charge in [-0.25, -0.2) is 5.10 Å². The third-order valence-electron chi connectivity index (χ3n) is 3.54. The number of nitrogens with one attached hydrogen (secondary N) is 1. The summed E-state index contributed by atoms with van der Waals surface area (Å²) in [4.78, 5) is 13.7. The molecular formula is C14H20ClN3O2. The number of hydrogen-bond acceptors (Lipinski definition) is 4. The topological polar surface area (TPSA) is 58.2 Å². The Labute approximate surface area is 123 Å². The predicted octanol–water partition coefficient (Wildman–Crippen LogP) is 2.23. The molecule has 20 heavy (non-hydrogen) atoms. The first kappa shape index (κ1) is 15.1. The van der Waals surface area contributed by atoms with E-state index in [9.17, 15) is 4.79 Å². The van der Waals surface area contributed by atoms with Crippen molar-refractivity contribution in [3.8, 4) is 0 Å². The van der Waals surface area contributed by atoms with Crippen LogP contribution in [0.15, 0.2) is 23.1 Å². The number of aromatic nitrogens is 2. The average Bonchev–Trinajstić information content (AvgIpc) is 2.48. The van der Waals surface area contributed by atoms with Crippen LogP contribution in [0.25, 0.3) is 0 Å². The van der Waals surface area contributed by atoms with Crippen LogP contribution in [0.5, 0.6) is 0 Å². The summed E-state index contributed by atoms with van der Waals surface area (Å²) < 4.78 is 5.15. The number of ether oxygens (including phenoxy) is 1. The lowest BCUT2D eigenvalue weighted by Gasteiger charge is -2.30. The van der Waals surface area contributed by atoms with Crippen molar-refractivity contribution in [2.45, 2.75) is 19.3 Å². The zero-order chi connectivity index (χ0) is 14.4. The first-order valence-corrected chi connectivity index (χ1v) is 7.22. The molecule has 0 saturated carbocycles. The third-order valence-corrected chi connectivity index (χ3v) is 3.90. The molecule has 110 valence electrons. The van der Waals surface area contributed by atoms with Crippen molar-refractivity contribution in [3.05, 3.63) is 33.7 Å². The van der Waals surface area contributed by atoms with Gasteiger partial charge in [-0.1, -0.05) is 23.8 Å². The summed E-state index contributed by atoms with van der Waals surface area (Å²) in [6, 6.07) is 0. The molecular weight excluding hydrogens is 278 g/mol. The maximum absolute atomic E-state index is 11.6. The van der Waals surface area contributed by atoms with Gasteiger partial charge in [0.1, 0.15) is 5.02 Å². The molecule has 1 heterocycles. The summed E-state index contributed by atoms with van der Waals surface area (Å²) in [6.07, 6.45) is 9.40. The van der Waals surface area contributed by atoms with Crippen LogP contribution < -0.4 is 10.5 Å².